The standard InChI is InChI=1S/C11H16S.H2S/c1-3-11(12,4-2)10-8-6-5-7-9-10;/h5-9,12H,3-4H2,1-2H3;1H2. The molecule has 1 rings (SSSR count). The van der Waals surface area contributed by atoms with Crippen molar-refractivity contribution in [3.8, 4) is 0 Å². The van der Waals surface area contributed by atoms with Gasteiger partial charge in [-0.05, 0) is 18.4 Å². The third kappa shape index (κ3) is 2.96. The van der Waals surface area contributed by atoms with Crippen LogP contribution in [0.4, 0.5) is 0 Å². The maximum absolute atomic E-state index is 4.71. The molecule has 0 heterocycles. The first-order chi connectivity index (χ1) is 5.73. The zero-order chi connectivity index (χ0) is 9.03. The van der Waals surface area contributed by atoms with Gasteiger partial charge in [0, 0.05) is 4.75 Å². The fraction of sp³-hybridized carbons (Fsp3) is 0.455. The average molecular weight is 214 g/mol. The van der Waals surface area contributed by atoms with Crippen molar-refractivity contribution in [3.05, 3.63) is 35.9 Å². The Hall–Kier alpha value is -0.0800. The Balaban J connectivity index is 0.00000144. The van der Waals surface area contributed by atoms with Crippen molar-refractivity contribution in [2.24, 2.45) is 0 Å². The number of hydrogen-bond acceptors (Lipinski definition) is 1. The van der Waals surface area contributed by atoms with Crippen molar-refractivity contribution in [1.29, 1.82) is 0 Å². The highest BCUT2D eigenvalue weighted by molar-refractivity contribution is 7.81. The van der Waals surface area contributed by atoms with Gasteiger partial charge in [0.05, 0.1) is 0 Å². The third-order valence-corrected chi connectivity index (χ3v) is 3.37. The summed E-state index contributed by atoms with van der Waals surface area (Å²) in [4.78, 5) is 0. The number of thiol groups is 1. The second kappa shape index (κ2) is 5.61. The first-order valence-electron chi connectivity index (χ1n) is 4.51. The summed E-state index contributed by atoms with van der Waals surface area (Å²) in [5.74, 6) is 0. The molecule has 0 nitrogen and oxygen atoms in total. The van der Waals surface area contributed by atoms with E-state index in [4.69, 9.17) is 12.6 Å². The van der Waals surface area contributed by atoms with Gasteiger partial charge in [-0.15, -0.1) is 0 Å². The molecule has 2 heteroatoms. The predicted octanol–water partition coefficient (Wildman–Crippen LogP) is 3.74. The Bertz CT molecular complexity index is 227. The van der Waals surface area contributed by atoms with Crippen LogP contribution in [-0.2, 0) is 4.75 Å². The van der Waals surface area contributed by atoms with Crippen molar-refractivity contribution in [2.75, 3.05) is 0 Å². The largest absolute Gasteiger partial charge is 0.197 e. The number of rotatable bonds is 3. The number of hydrogen-bond donors (Lipinski definition) is 1. The normalized spacial score (nSPS) is 10.7. The van der Waals surface area contributed by atoms with E-state index in [1.165, 1.54) is 5.56 Å². The van der Waals surface area contributed by atoms with Gasteiger partial charge in [-0.3, -0.25) is 0 Å². The lowest BCUT2D eigenvalue weighted by Gasteiger charge is -2.25. The van der Waals surface area contributed by atoms with Gasteiger partial charge in [0.1, 0.15) is 0 Å². The molecule has 0 aliphatic rings. The highest BCUT2D eigenvalue weighted by atomic mass is 32.1. The van der Waals surface area contributed by atoms with Crippen LogP contribution in [0.25, 0.3) is 0 Å². The SMILES string of the molecule is CCC(S)(CC)c1ccccc1.S. The Kier molecular flexibility index (Phi) is 5.57. The maximum Gasteiger partial charge on any atom is 0.0373 e. The molecule has 0 aliphatic heterocycles. The molecule has 0 saturated carbocycles. The van der Waals surface area contributed by atoms with Gasteiger partial charge in [0.15, 0.2) is 0 Å². The van der Waals surface area contributed by atoms with E-state index in [2.05, 4.69) is 38.1 Å². The summed E-state index contributed by atoms with van der Waals surface area (Å²) in [7, 11) is 0. The van der Waals surface area contributed by atoms with E-state index in [1.807, 2.05) is 6.07 Å². The summed E-state index contributed by atoms with van der Waals surface area (Å²) < 4.78 is 0.0707. The monoisotopic (exact) mass is 214 g/mol. The van der Waals surface area contributed by atoms with Crippen molar-refractivity contribution >= 4 is 26.1 Å². The summed E-state index contributed by atoms with van der Waals surface area (Å²) in [6, 6.07) is 10.5. The van der Waals surface area contributed by atoms with Gasteiger partial charge in [-0.2, -0.15) is 26.1 Å². The topological polar surface area (TPSA) is 0 Å². The molecule has 0 atom stereocenters. The molecule has 0 aliphatic carbocycles. The van der Waals surface area contributed by atoms with E-state index < -0.39 is 0 Å². The molecule has 0 unspecified atom stereocenters. The highest BCUT2D eigenvalue weighted by Gasteiger charge is 2.22. The van der Waals surface area contributed by atoms with Crippen molar-refractivity contribution in [2.45, 2.75) is 31.4 Å². The van der Waals surface area contributed by atoms with Crippen LogP contribution in [0.5, 0.6) is 0 Å². The van der Waals surface area contributed by atoms with Crippen LogP contribution in [0.15, 0.2) is 30.3 Å². The summed E-state index contributed by atoms with van der Waals surface area (Å²) in [6.07, 6.45) is 2.16. The van der Waals surface area contributed by atoms with E-state index in [0.717, 1.165) is 12.8 Å². The van der Waals surface area contributed by atoms with E-state index >= 15 is 0 Å². The minimum Gasteiger partial charge on any atom is -0.197 e. The zero-order valence-electron chi connectivity index (χ0n) is 8.25. The minimum absolute atomic E-state index is 0. The molecular formula is C11H18S2. The predicted molar refractivity (Wildman–Crippen MR) is 68.1 cm³/mol. The molecule has 0 aromatic heterocycles. The van der Waals surface area contributed by atoms with Gasteiger partial charge in [0.2, 0.25) is 0 Å². The summed E-state index contributed by atoms with van der Waals surface area (Å²) >= 11 is 4.71. The lowest BCUT2D eigenvalue weighted by molar-refractivity contribution is 0.585. The molecule has 0 N–H and O–H groups in total. The number of benzene rings is 1. The van der Waals surface area contributed by atoms with E-state index in [-0.39, 0.29) is 18.2 Å². The lowest BCUT2D eigenvalue weighted by Crippen LogP contribution is -2.15. The van der Waals surface area contributed by atoms with E-state index in [1.54, 1.807) is 0 Å². The molecule has 0 spiro atoms. The fourth-order valence-electron chi connectivity index (χ4n) is 1.41. The van der Waals surface area contributed by atoms with E-state index in [9.17, 15) is 0 Å². The molecule has 13 heavy (non-hydrogen) atoms. The maximum atomic E-state index is 4.71. The van der Waals surface area contributed by atoms with Crippen molar-refractivity contribution < 1.29 is 0 Å². The fourth-order valence-corrected chi connectivity index (χ4v) is 1.56. The van der Waals surface area contributed by atoms with Crippen LogP contribution in [-0.4, -0.2) is 0 Å². The van der Waals surface area contributed by atoms with Crippen molar-refractivity contribution in [1.82, 2.24) is 0 Å². The molecule has 0 bridgehead atoms. The lowest BCUT2D eigenvalue weighted by atomic mass is 9.93. The van der Waals surface area contributed by atoms with Crippen LogP contribution in [0.2, 0.25) is 0 Å². The smallest absolute Gasteiger partial charge is 0.0373 e. The second-order valence-electron chi connectivity index (χ2n) is 3.10. The quantitative estimate of drug-likeness (QED) is 0.728. The zero-order valence-corrected chi connectivity index (χ0v) is 10.1. The van der Waals surface area contributed by atoms with Crippen LogP contribution >= 0.6 is 26.1 Å². The highest BCUT2D eigenvalue weighted by Crippen LogP contribution is 2.34. The van der Waals surface area contributed by atoms with Gasteiger partial charge in [-0.1, -0.05) is 44.2 Å². The van der Waals surface area contributed by atoms with Gasteiger partial charge in [0.25, 0.3) is 0 Å². The minimum atomic E-state index is 0. The second-order valence-corrected chi connectivity index (χ2v) is 3.96. The third-order valence-electron chi connectivity index (χ3n) is 2.48. The molecule has 0 radical (unpaired) electrons. The summed E-state index contributed by atoms with van der Waals surface area (Å²) in [5.41, 5.74) is 1.33. The molecular weight excluding hydrogens is 196 g/mol. The summed E-state index contributed by atoms with van der Waals surface area (Å²) in [5, 5.41) is 0. The Morgan fingerprint density at radius 3 is 1.92 bits per heavy atom. The average Bonchev–Trinajstić information content (AvgIpc) is 2.18. The van der Waals surface area contributed by atoms with Crippen molar-refractivity contribution in [3.63, 3.8) is 0 Å². The van der Waals surface area contributed by atoms with Crippen LogP contribution in [0.3, 0.4) is 0 Å². The van der Waals surface area contributed by atoms with E-state index in [0.29, 0.717) is 0 Å². The van der Waals surface area contributed by atoms with Crippen LogP contribution in [0, 0.1) is 0 Å². The van der Waals surface area contributed by atoms with Gasteiger partial charge >= 0.3 is 0 Å². The molecule has 0 fully saturated rings. The molecule has 1 aromatic rings. The first-order valence-corrected chi connectivity index (χ1v) is 4.95. The van der Waals surface area contributed by atoms with Crippen LogP contribution in [0.1, 0.15) is 32.3 Å². The van der Waals surface area contributed by atoms with Gasteiger partial charge in [-0.25, -0.2) is 0 Å². The Morgan fingerprint density at radius 2 is 1.54 bits per heavy atom. The van der Waals surface area contributed by atoms with Gasteiger partial charge < -0.3 is 0 Å². The molecule has 74 valence electrons. The summed E-state index contributed by atoms with van der Waals surface area (Å²) in [6.45, 7) is 4.37. The molecule has 1 aromatic carbocycles. The molecule has 0 saturated heterocycles. The Morgan fingerprint density at radius 1 is 1.08 bits per heavy atom. The molecule has 0 amide bonds. The first kappa shape index (κ1) is 12.9. The van der Waals surface area contributed by atoms with Crippen LogP contribution < -0.4 is 0 Å². The Labute approximate surface area is 93.6 Å².